The zero-order chi connectivity index (χ0) is 21.6. The van der Waals surface area contributed by atoms with Crippen LogP contribution in [0, 0.1) is 6.92 Å². The van der Waals surface area contributed by atoms with E-state index in [-0.39, 0.29) is 0 Å². The van der Waals surface area contributed by atoms with E-state index >= 15 is 0 Å². The van der Waals surface area contributed by atoms with E-state index in [1.807, 2.05) is 35.9 Å². The van der Waals surface area contributed by atoms with Gasteiger partial charge in [0.05, 0.1) is 12.3 Å². The monoisotopic (exact) mass is 450 g/mol. The zero-order valence-corrected chi connectivity index (χ0v) is 19.7. The zero-order valence-electron chi connectivity index (χ0n) is 18.0. The van der Waals surface area contributed by atoms with Gasteiger partial charge in [0.2, 0.25) is 0 Å². The number of nitrogens with zero attached hydrogens (tertiary/aromatic N) is 4. The van der Waals surface area contributed by atoms with Crippen LogP contribution in [0.2, 0.25) is 0 Å². The van der Waals surface area contributed by atoms with E-state index in [0.29, 0.717) is 0 Å². The highest BCUT2D eigenvalue weighted by molar-refractivity contribution is 7.98. The normalized spacial score (nSPS) is 11.1. The Hall–Kier alpha value is -2.64. The summed E-state index contributed by atoms with van der Waals surface area (Å²) in [6.45, 7) is 5.02. The molecule has 0 N–H and O–H groups in total. The van der Waals surface area contributed by atoms with E-state index in [2.05, 4.69) is 53.7 Å². The maximum atomic E-state index is 5.75. The summed E-state index contributed by atoms with van der Waals surface area (Å²) >= 11 is 3.33. The van der Waals surface area contributed by atoms with Gasteiger partial charge in [0.15, 0.2) is 11.0 Å². The number of hydrogen-bond acceptors (Lipinski definition) is 6. The molecule has 0 saturated heterocycles. The molecule has 0 atom stereocenters. The minimum atomic E-state index is 0.753. The number of thiazole rings is 1. The molecule has 0 saturated carbocycles. The van der Waals surface area contributed by atoms with Crippen LogP contribution in [0.25, 0.3) is 22.0 Å². The summed E-state index contributed by atoms with van der Waals surface area (Å²) in [6, 6.07) is 16.5. The van der Waals surface area contributed by atoms with Crippen LogP contribution in [-0.2, 0) is 12.8 Å². The van der Waals surface area contributed by atoms with Gasteiger partial charge in [0.25, 0.3) is 0 Å². The van der Waals surface area contributed by atoms with Gasteiger partial charge in [-0.15, -0.1) is 21.5 Å². The molecule has 0 amide bonds. The molecular weight excluding hydrogens is 424 g/mol. The van der Waals surface area contributed by atoms with Crippen LogP contribution in [0.3, 0.4) is 0 Å². The molecule has 4 rings (SSSR count). The van der Waals surface area contributed by atoms with Gasteiger partial charge in [-0.25, -0.2) is 4.98 Å². The number of ether oxygens (including phenoxy) is 1. The summed E-state index contributed by atoms with van der Waals surface area (Å²) < 4.78 is 7.78. The first-order valence-corrected chi connectivity index (χ1v) is 12.3. The van der Waals surface area contributed by atoms with Gasteiger partial charge in [-0.2, -0.15) is 0 Å². The number of aryl methyl sites for hydroxylation is 1. The molecule has 7 heteroatoms. The largest absolute Gasteiger partial charge is 0.494 e. The van der Waals surface area contributed by atoms with E-state index in [9.17, 15) is 0 Å². The van der Waals surface area contributed by atoms with E-state index in [4.69, 9.17) is 9.72 Å². The Kier molecular flexibility index (Phi) is 7.04. The van der Waals surface area contributed by atoms with Crippen LogP contribution < -0.4 is 4.74 Å². The average molecular weight is 451 g/mol. The number of aromatic nitrogens is 4. The summed E-state index contributed by atoms with van der Waals surface area (Å²) in [4.78, 5) is 4.80. The number of rotatable bonds is 9. The minimum Gasteiger partial charge on any atom is -0.494 e. The van der Waals surface area contributed by atoms with Crippen molar-refractivity contribution in [2.75, 3.05) is 6.61 Å². The molecule has 0 unspecified atom stereocenters. The van der Waals surface area contributed by atoms with E-state index < -0.39 is 0 Å². The van der Waals surface area contributed by atoms with E-state index in [0.717, 1.165) is 58.2 Å². The molecule has 0 radical (unpaired) electrons. The van der Waals surface area contributed by atoms with E-state index in [1.54, 1.807) is 23.1 Å². The molecule has 2 heterocycles. The fourth-order valence-electron chi connectivity index (χ4n) is 3.15. The number of hydrogen-bond donors (Lipinski definition) is 0. The summed E-state index contributed by atoms with van der Waals surface area (Å²) in [6.07, 6.45) is 2.20. The molecule has 0 aliphatic heterocycles. The van der Waals surface area contributed by atoms with E-state index in [1.165, 1.54) is 11.1 Å². The Morgan fingerprint density at radius 1 is 1.06 bits per heavy atom. The standard InChI is InChI=1S/C24H26N4OS2/c1-4-5-13-29-21-11-9-18(10-12-21)22-26-27-24(28(22)3)31-16-20-15-30-23(25-20)19-8-6-7-17(2)14-19/h6-12,14-15H,4-5,13,16H2,1-3H3. The van der Waals surface area contributed by atoms with Crippen LogP contribution in [0.15, 0.2) is 59.1 Å². The first kappa shape index (κ1) is 21.6. The Labute approximate surface area is 191 Å². The van der Waals surface area contributed by atoms with Gasteiger partial charge in [-0.1, -0.05) is 48.9 Å². The molecule has 31 heavy (non-hydrogen) atoms. The Morgan fingerprint density at radius 2 is 1.90 bits per heavy atom. The molecular formula is C24H26N4OS2. The highest BCUT2D eigenvalue weighted by Crippen LogP contribution is 2.29. The lowest BCUT2D eigenvalue weighted by molar-refractivity contribution is 0.309. The molecule has 4 aromatic rings. The first-order valence-electron chi connectivity index (χ1n) is 10.4. The third-order valence-corrected chi connectivity index (χ3v) is 6.87. The Balaban J connectivity index is 1.40. The number of benzene rings is 2. The van der Waals surface area contributed by atoms with Crippen molar-refractivity contribution in [3.8, 4) is 27.7 Å². The van der Waals surface area contributed by atoms with Gasteiger partial charge < -0.3 is 9.30 Å². The molecule has 2 aromatic carbocycles. The van der Waals surface area contributed by atoms with Gasteiger partial charge in [0, 0.05) is 29.3 Å². The fourth-order valence-corrected chi connectivity index (χ4v) is 4.87. The predicted octanol–water partition coefficient (Wildman–Crippen LogP) is 6.39. The smallest absolute Gasteiger partial charge is 0.191 e. The molecule has 0 aliphatic rings. The van der Waals surface area contributed by atoms with Gasteiger partial charge in [0.1, 0.15) is 10.8 Å². The summed E-state index contributed by atoms with van der Waals surface area (Å²) in [5.74, 6) is 2.50. The highest BCUT2D eigenvalue weighted by Gasteiger charge is 2.13. The third-order valence-electron chi connectivity index (χ3n) is 4.88. The first-order chi connectivity index (χ1) is 15.1. The van der Waals surface area contributed by atoms with Gasteiger partial charge >= 0.3 is 0 Å². The lowest BCUT2D eigenvalue weighted by Gasteiger charge is -2.07. The number of thioether (sulfide) groups is 1. The van der Waals surface area contributed by atoms with Gasteiger partial charge in [-0.05, 0) is 43.7 Å². The van der Waals surface area contributed by atoms with Crippen LogP contribution in [0.4, 0.5) is 0 Å². The van der Waals surface area contributed by atoms with Crippen LogP contribution >= 0.6 is 23.1 Å². The van der Waals surface area contributed by atoms with Crippen molar-refractivity contribution in [1.82, 2.24) is 19.7 Å². The lowest BCUT2D eigenvalue weighted by Crippen LogP contribution is -1.97. The SMILES string of the molecule is CCCCOc1ccc(-c2nnc(SCc3csc(-c4cccc(C)c4)n3)n2C)cc1. The van der Waals surface area contributed by atoms with Crippen molar-refractivity contribution in [2.45, 2.75) is 37.6 Å². The van der Waals surface area contributed by atoms with Crippen LogP contribution in [-0.4, -0.2) is 26.4 Å². The summed E-state index contributed by atoms with van der Waals surface area (Å²) in [5, 5.41) is 12.8. The second-order valence-electron chi connectivity index (χ2n) is 7.39. The topological polar surface area (TPSA) is 52.8 Å². The maximum Gasteiger partial charge on any atom is 0.191 e. The molecule has 0 spiro atoms. The lowest BCUT2D eigenvalue weighted by atomic mass is 10.1. The molecule has 2 aromatic heterocycles. The van der Waals surface area contributed by atoms with Gasteiger partial charge in [-0.3, -0.25) is 0 Å². The van der Waals surface area contributed by atoms with Crippen molar-refractivity contribution in [3.05, 3.63) is 65.2 Å². The van der Waals surface area contributed by atoms with Crippen molar-refractivity contribution >= 4 is 23.1 Å². The number of unbranched alkanes of at least 4 members (excludes halogenated alkanes) is 1. The maximum absolute atomic E-state index is 5.75. The summed E-state index contributed by atoms with van der Waals surface area (Å²) in [7, 11) is 2.00. The fraction of sp³-hybridized carbons (Fsp3) is 0.292. The Morgan fingerprint density at radius 3 is 2.68 bits per heavy atom. The van der Waals surface area contributed by atoms with Crippen molar-refractivity contribution in [2.24, 2.45) is 7.05 Å². The average Bonchev–Trinajstić information content (AvgIpc) is 3.40. The summed E-state index contributed by atoms with van der Waals surface area (Å²) in [5.41, 5.74) is 4.50. The second kappa shape index (κ2) is 10.1. The second-order valence-corrected chi connectivity index (χ2v) is 9.19. The highest BCUT2D eigenvalue weighted by atomic mass is 32.2. The van der Waals surface area contributed by atoms with Crippen LogP contribution in [0.5, 0.6) is 5.75 Å². The predicted molar refractivity (Wildman–Crippen MR) is 129 cm³/mol. The molecule has 0 bridgehead atoms. The van der Waals surface area contributed by atoms with Crippen LogP contribution in [0.1, 0.15) is 31.0 Å². The molecule has 5 nitrogen and oxygen atoms in total. The third kappa shape index (κ3) is 5.35. The quantitative estimate of drug-likeness (QED) is 0.219. The minimum absolute atomic E-state index is 0.753. The molecule has 160 valence electrons. The molecule has 0 aliphatic carbocycles. The van der Waals surface area contributed by atoms with Crippen molar-refractivity contribution in [3.63, 3.8) is 0 Å². The Bertz CT molecular complexity index is 1130. The van der Waals surface area contributed by atoms with Crippen molar-refractivity contribution < 1.29 is 4.74 Å². The molecule has 0 fully saturated rings. The van der Waals surface area contributed by atoms with Crippen molar-refractivity contribution in [1.29, 1.82) is 0 Å².